The summed E-state index contributed by atoms with van der Waals surface area (Å²) in [6.07, 6.45) is 18.0. The van der Waals surface area contributed by atoms with Gasteiger partial charge in [0.2, 0.25) is 0 Å². The zero-order chi connectivity index (χ0) is 16.1. The molecule has 4 fully saturated rings. The van der Waals surface area contributed by atoms with Crippen LogP contribution in [0.25, 0.3) is 0 Å². The standard InChI is InChI=1S/C22H39N/c1-21-13-4-3-6-16(21)8-10-18-19-11-9-17(7-5-15-23)22(19,2)14-12-20(18)21/h16-20H,3-15,23H2,1-2H3. The van der Waals surface area contributed by atoms with Gasteiger partial charge >= 0.3 is 0 Å². The molecule has 7 unspecified atom stereocenters. The maximum Gasteiger partial charge on any atom is -0.00772 e. The number of fused-ring (bicyclic) bond motifs is 5. The van der Waals surface area contributed by atoms with E-state index in [0.29, 0.717) is 10.8 Å². The highest BCUT2D eigenvalue weighted by molar-refractivity contribution is 5.08. The Bertz CT molecular complexity index is 432. The van der Waals surface area contributed by atoms with Crippen LogP contribution in [0.3, 0.4) is 0 Å². The Kier molecular flexibility index (Phi) is 4.32. The average molecular weight is 318 g/mol. The zero-order valence-electron chi connectivity index (χ0n) is 15.7. The molecule has 0 amide bonds. The van der Waals surface area contributed by atoms with Crippen LogP contribution in [0.5, 0.6) is 0 Å². The molecule has 7 atom stereocenters. The van der Waals surface area contributed by atoms with Crippen LogP contribution in [-0.2, 0) is 0 Å². The lowest BCUT2D eigenvalue weighted by molar-refractivity contribution is -0.111. The highest BCUT2D eigenvalue weighted by atomic mass is 14.6. The van der Waals surface area contributed by atoms with Crippen molar-refractivity contribution in [1.82, 2.24) is 0 Å². The molecule has 4 aliphatic carbocycles. The van der Waals surface area contributed by atoms with Crippen molar-refractivity contribution < 1.29 is 0 Å². The quantitative estimate of drug-likeness (QED) is 0.702. The van der Waals surface area contributed by atoms with E-state index in [2.05, 4.69) is 13.8 Å². The van der Waals surface area contributed by atoms with Crippen LogP contribution in [0.15, 0.2) is 0 Å². The van der Waals surface area contributed by atoms with Gasteiger partial charge in [-0.3, -0.25) is 0 Å². The minimum atomic E-state index is 0.661. The van der Waals surface area contributed by atoms with Crippen LogP contribution in [-0.4, -0.2) is 6.54 Å². The summed E-state index contributed by atoms with van der Waals surface area (Å²) < 4.78 is 0. The Balaban J connectivity index is 1.55. The van der Waals surface area contributed by atoms with Crippen LogP contribution in [0.1, 0.15) is 90.9 Å². The number of hydrogen-bond donors (Lipinski definition) is 1. The summed E-state index contributed by atoms with van der Waals surface area (Å²) in [6.45, 7) is 6.28. The smallest absolute Gasteiger partial charge is 0.00772 e. The molecule has 4 saturated carbocycles. The van der Waals surface area contributed by atoms with Crippen LogP contribution in [0.4, 0.5) is 0 Å². The van der Waals surface area contributed by atoms with Gasteiger partial charge in [0.25, 0.3) is 0 Å². The largest absolute Gasteiger partial charge is 0.330 e. The second kappa shape index (κ2) is 6.04. The van der Waals surface area contributed by atoms with Gasteiger partial charge in [-0.1, -0.05) is 26.7 Å². The SMILES string of the molecule is CC12CCCCC1CCC1C2CCC2(C)C(CCCN)CCC12. The molecule has 4 aliphatic rings. The zero-order valence-corrected chi connectivity index (χ0v) is 15.7. The Labute approximate surface area is 144 Å². The van der Waals surface area contributed by atoms with Gasteiger partial charge < -0.3 is 5.73 Å². The van der Waals surface area contributed by atoms with E-state index in [1.54, 1.807) is 32.1 Å². The minimum absolute atomic E-state index is 0.661. The monoisotopic (exact) mass is 317 g/mol. The first-order valence-electron chi connectivity index (χ1n) is 10.8. The number of nitrogens with two attached hydrogens (primary N) is 1. The van der Waals surface area contributed by atoms with Crippen molar-refractivity contribution in [1.29, 1.82) is 0 Å². The predicted octanol–water partition coefficient (Wildman–Crippen LogP) is 5.77. The van der Waals surface area contributed by atoms with Crippen LogP contribution >= 0.6 is 0 Å². The molecule has 0 aliphatic heterocycles. The maximum absolute atomic E-state index is 5.81. The van der Waals surface area contributed by atoms with Crippen molar-refractivity contribution in [2.24, 2.45) is 46.2 Å². The lowest BCUT2D eigenvalue weighted by Crippen LogP contribution is -2.52. The first-order valence-corrected chi connectivity index (χ1v) is 10.8. The maximum atomic E-state index is 5.81. The van der Waals surface area contributed by atoms with Crippen molar-refractivity contribution in [2.45, 2.75) is 90.9 Å². The summed E-state index contributed by atoms with van der Waals surface area (Å²) in [6, 6.07) is 0. The van der Waals surface area contributed by atoms with Gasteiger partial charge in [0.15, 0.2) is 0 Å². The second-order valence-corrected chi connectivity index (χ2v) is 10.2. The molecule has 0 saturated heterocycles. The van der Waals surface area contributed by atoms with E-state index in [0.717, 1.165) is 36.1 Å². The van der Waals surface area contributed by atoms with Gasteiger partial charge in [-0.2, -0.15) is 0 Å². The average Bonchev–Trinajstić information content (AvgIpc) is 2.89. The van der Waals surface area contributed by atoms with Crippen LogP contribution in [0.2, 0.25) is 0 Å². The van der Waals surface area contributed by atoms with Gasteiger partial charge in [0.05, 0.1) is 0 Å². The molecule has 4 rings (SSSR count). The molecule has 23 heavy (non-hydrogen) atoms. The summed E-state index contributed by atoms with van der Waals surface area (Å²) in [5.41, 5.74) is 7.18. The molecule has 0 heterocycles. The lowest BCUT2D eigenvalue weighted by Gasteiger charge is -2.60. The van der Waals surface area contributed by atoms with Crippen molar-refractivity contribution in [2.75, 3.05) is 6.54 Å². The van der Waals surface area contributed by atoms with Gasteiger partial charge in [-0.05, 0) is 111 Å². The molecular formula is C22H39N. The van der Waals surface area contributed by atoms with E-state index in [1.165, 1.54) is 44.9 Å². The van der Waals surface area contributed by atoms with E-state index in [-0.39, 0.29) is 0 Å². The van der Waals surface area contributed by atoms with Gasteiger partial charge in [0.1, 0.15) is 0 Å². The fourth-order valence-electron chi connectivity index (χ4n) is 8.24. The Morgan fingerprint density at radius 3 is 2.48 bits per heavy atom. The molecule has 0 aromatic carbocycles. The van der Waals surface area contributed by atoms with E-state index in [9.17, 15) is 0 Å². The Morgan fingerprint density at radius 1 is 0.826 bits per heavy atom. The minimum Gasteiger partial charge on any atom is -0.330 e. The van der Waals surface area contributed by atoms with Crippen LogP contribution < -0.4 is 5.73 Å². The predicted molar refractivity (Wildman–Crippen MR) is 98.1 cm³/mol. The van der Waals surface area contributed by atoms with E-state index in [1.807, 2.05) is 0 Å². The van der Waals surface area contributed by atoms with E-state index < -0.39 is 0 Å². The Hall–Kier alpha value is -0.0400. The fraction of sp³-hybridized carbons (Fsp3) is 1.00. The van der Waals surface area contributed by atoms with Gasteiger partial charge in [-0.15, -0.1) is 0 Å². The normalized spacial score (nSPS) is 52.6. The molecule has 0 bridgehead atoms. The van der Waals surface area contributed by atoms with E-state index in [4.69, 9.17) is 5.73 Å². The van der Waals surface area contributed by atoms with Crippen LogP contribution in [0, 0.1) is 40.4 Å². The lowest BCUT2D eigenvalue weighted by atomic mass is 9.45. The molecule has 0 aromatic heterocycles. The number of rotatable bonds is 3. The van der Waals surface area contributed by atoms with Gasteiger partial charge in [-0.25, -0.2) is 0 Å². The van der Waals surface area contributed by atoms with Gasteiger partial charge in [0, 0.05) is 0 Å². The molecule has 0 aromatic rings. The fourth-order valence-corrected chi connectivity index (χ4v) is 8.24. The molecule has 0 radical (unpaired) electrons. The third-order valence-electron chi connectivity index (χ3n) is 9.54. The molecule has 0 spiro atoms. The molecular weight excluding hydrogens is 278 g/mol. The highest BCUT2D eigenvalue weighted by Crippen LogP contribution is 2.67. The molecule has 2 N–H and O–H groups in total. The summed E-state index contributed by atoms with van der Waals surface area (Å²) >= 11 is 0. The van der Waals surface area contributed by atoms with Crippen molar-refractivity contribution >= 4 is 0 Å². The summed E-state index contributed by atoms with van der Waals surface area (Å²) in [5, 5.41) is 0. The summed E-state index contributed by atoms with van der Waals surface area (Å²) in [7, 11) is 0. The van der Waals surface area contributed by atoms with E-state index >= 15 is 0 Å². The molecule has 132 valence electrons. The third kappa shape index (κ3) is 2.43. The Morgan fingerprint density at radius 2 is 1.65 bits per heavy atom. The first-order chi connectivity index (χ1) is 11.1. The van der Waals surface area contributed by atoms with Crippen molar-refractivity contribution in [3.8, 4) is 0 Å². The molecule has 1 nitrogen and oxygen atoms in total. The number of hydrogen-bond acceptors (Lipinski definition) is 1. The highest BCUT2D eigenvalue weighted by Gasteiger charge is 2.59. The second-order valence-electron chi connectivity index (χ2n) is 10.2. The molecule has 1 heteroatoms. The van der Waals surface area contributed by atoms with Crippen molar-refractivity contribution in [3.63, 3.8) is 0 Å². The summed E-state index contributed by atoms with van der Waals surface area (Å²) in [4.78, 5) is 0. The first kappa shape index (κ1) is 16.4. The summed E-state index contributed by atoms with van der Waals surface area (Å²) in [5.74, 6) is 5.22. The topological polar surface area (TPSA) is 26.0 Å². The third-order valence-corrected chi connectivity index (χ3v) is 9.54. The van der Waals surface area contributed by atoms with Crippen molar-refractivity contribution in [3.05, 3.63) is 0 Å².